The van der Waals surface area contributed by atoms with Gasteiger partial charge in [0.05, 0.1) is 0 Å². The third kappa shape index (κ3) is 3.69. The molecule has 0 atom stereocenters. The maximum absolute atomic E-state index is 12.0. The average Bonchev–Trinajstić information content (AvgIpc) is 3.31. The van der Waals surface area contributed by atoms with Crippen LogP contribution in [-0.4, -0.2) is 49.1 Å². The molecule has 0 unspecified atom stereocenters. The Bertz CT molecular complexity index is 546. The first-order valence-electron chi connectivity index (χ1n) is 7.80. The zero-order chi connectivity index (χ0) is 15.5. The standard InChI is InChI=1S/C16H22N4O2/c1-12(21)17-13-4-6-15(7-5-13)19-8-10-20(11-9-19)16(22)18-14-2-3-14/h4-7,14H,2-3,8-11H2,1H3,(H,17,21)(H,18,22). The summed E-state index contributed by atoms with van der Waals surface area (Å²) < 4.78 is 0. The highest BCUT2D eigenvalue weighted by Crippen LogP contribution is 2.21. The third-order valence-corrected chi connectivity index (χ3v) is 4.02. The van der Waals surface area contributed by atoms with E-state index in [1.54, 1.807) is 0 Å². The predicted molar refractivity (Wildman–Crippen MR) is 86.1 cm³/mol. The van der Waals surface area contributed by atoms with Gasteiger partial charge in [-0.05, 0) is 37.1 Å². The molecule has 118 valence electrons. The van der Waals surface area contributed by atoms with Crippen LogP contribution in [0.15, 0.2) is 24.3 Å². The van der Waals surface area contributed by atoms with Gasteiger partial charge in [-0.3, -0.25) is 4.79 Å². The van der Waals surface area contributed by atoms with Gasteiger partial charge in [0, 0.05) is 50.5 Å². The Morgan fingerprint density at radius 2 is 1.68 bits per heavy atom. The van der Waals surface area contributed by atoms with E-state index in [0.29, 0.717) is 6.04 Å². The van der Waals surface area contributed by atoms with Gasteiger partial charge in [0.25, 0.3) is 0 Å². The predicted octanol–water partition coefficient (Wildman–Crippen LogP) is 1.64. The molecule has 1 aliphatic carbocycles. The lowest BCUT2D eigenvalue weighted by Gasteiger charge is -2.36. The van der Waals surface area contributed by atoms with Crippen molar-refractivity contribution in [3.8, 4) is 0 Å². The lowest BCUT2D eigenvalue weighted by Crippen LogP contribution is -2.52. The van der Waals surface area contributed by atoms with Crippen molar-refractivity contribution < 1.29 is 9.59 Å². The number of carbonyl (C=O) groups is 2. The lowest BCUT2D eigenvalue weighted by molar-refractivity contribution is -0.114. The van der Waals surface area contributed by atoms with Crippen LogP contribution in [0.3, 0.4) is 0 Å². The summed E-state index contributed by atoms with van der Waals surface area (Å²) in [5.41, 5.74) is 1.93. The van der Waals surface area contributed by atoms with Crippen molar-refractivity contribution in [2.75, 3.05) is 36.4 Å². The Hall–Kier alpha value is -2.24. The highest BCUT2D eigenvalue weighted by Gasteiger charge is 2.27. The van der Waals surface area contributed by atoms with Crippen LogP contribution >= 0.6 is 0 Å². The van der Waals surface area contributed by atoms with Crippen LogP contribution in [0, 0.1) is 0 Å². The largest absolute Gasteiger partial charge is 0.368 e. The van der Waals surface area contributed by atoms with Crippen molar-refractivity contribution in [1.29, 1.82) is 0 Å². The molecule has 0 aromatic heterocycles. The number of nitrogens with one attached hydrogen (secondary N) is 2. The van der Waals surface area contributed by atoms with Crippen molar-refractivity contribution in [2.24, 2.45) is 0 Å². The van der Waals surface area contributed by atoms with Crippen molar-refractivity contribution in [3.63, 3.8) is 0 Å². The number of hydrogen-bond donors (Lipinski definition) is 2. The number of carbonyl (C=O) groups excluding carboxylic acids is 2. The molecule has 1 saturated heterocycles. The average molecular weight is 302 g/mol. The van der Waals surface area contributed by atoms with Crippen LogP contribution in [0.4, 0.5) is 16.2 Å². The highest BCUT2D eigenvalue weighted by atomic mass is 16.2. The first kappa shape index (κ1) is 14.7. The summed E-state index contributed by atoms with van der Waals surface area (Å²) in [5.74, 6) is -0.0666. The molecular formula is C16H22N4O2. The minimum atomic E-state index is -0.0666. The molecule has 2 aliphatic rings. The maximum Gasteiger partial charge on any atom is 0.317 e. The number of hydrogen-bond acceptors (Lipinski definition) is 3. The molecule has 1 saturated carbocycles. The fourth-order valence-electron chi connectivity index (χ4n) is 2.62. The molecule has 6 heteroatoms. The van der Waals surface area contributed by atoms with E-state index in [-0.39, 0.29) is 11.9 Å². The highest BCUT2D eigenvalue weighted by molar-refractivity contribution is 5.88. The molecule has 1 aromatic rings. The Balaban J connectivity index is 1.52. The number of urea groups is 1. The summed E-state index contributed by atoms with van der Waals surface area (Å²) in [6, 6.07) is 8.30. The quantitative estimate of drug-likeness (QED) is 0.892. The second kappa shape index (κ2) is 6.25. The minimum Gasteiger partial charge on any atom is -0.368 e. The van der Waals surface area contributed by atoms with E-state index in [1.807, 2.05) is 29.2 Å². The van der Waals surface area contributed by atoms with Gasteiger partial charge in [0.15, 0.2) is 0 Å². The zero-order valence-corrected chi connectivity index (χ0v) is 12.8. The lowest BCUT2D eigenvalue weighted by atomic mass is 10.2. The van der Waals surface area contributed by atoms with Gasteiger partial charge in [-0.1, -0.05) is 0 Å². The molecule has 0 radical (unpaired) electrons. The van der Waals surface area contributed by atoms with Crippen LogP contribution in [0.25, 0.3) is 0 Å². The molecule has 2 N–H and O–H groups in total. The zero-order valence-electron chi connectivity index (χ0n) is 12.8. The summed E-state index contributed by atoms with van der Waals surface area (Å²) in [6.45, 7) is 4.65. The van der Waals surface area contributed by atoms with Gasteiger partial charge in [-0.2, -0.15) is 0 Å². The number of rotatable bonds is 3. The third-order valence-electron chi connectivity index (χ3n) is 4.02. The molecule has 1 aliphatic heterocycles. The van der Waals surface area contributed by atoms with Crippen LogP contribution in [0.2, 0.25) is 0 Å². The SMILES string of the molecule is CC(=O)Nc1ccc(N2CCN(C(=O)NC3CC3)CC2)cc1. The van der Waals surface area contributed by atoms with Crippen molar-refractivity contribution in [3.05, 3.63) is 24.3 Å². The van der Waals surface area contributed by atoms with Crippen LogP contribution in [0.5, 0.6) is 0 Å². The van der Waals surface area contributed by atoms with Crippen molar-refractivity contribution >= 4 is 23.3 Å². The van der Waals surface area contributed by atoms with Crippen LogP contribution in [0.1, 0.15) is 19.8 Å². The second-order valence-corrected chi connectivity index (χ2v) is 5.93. The Labute approximate surface area is 130 Å². The van der Waals surface area contributed by atoms with E-state index in [2.05, 4.69) is 15.5 Å². The summed E-state index contributed by atoms with van der Waals surface area (Å²) in [5, 5.41) is 5.79. The second-order valence-electron chi connectivity index (χ2n) is 5.93. The Kier molecular flexibility index (Phi) is 4.18. The number of piperazine rings is 1. The van der Waals surface area contributed by atoms with Crippen LogP contribution in [-0.2, 0) is 4.79 Å². The topological polar surface area (TPSA) is 64.7 Å². The normalized spacial score (nSPS) is 18.0. The minimum absolute atomic E-state index is 0.0666. The number of anilines is 2. The fraction of sp³-hybridized carbons (Fsp3) is 0.500. The molecule has 1 heterocycles. The number of amides is 3. The van der Waals surface area contributed by atoms with Gasteiger partial charge >= 0.3 is 6.03 Å². The fourth-order valence-corrected chi connectivity index (χ4v) is 2.62. The summed E-state index contributed by atoms with van der Waals surface area (Å²) in [6.07, 6.45) is 2.23. The molecule has 0 spiro atoms. The number of nitrogens with zero attached hydrogens (tertiary/aromatic N) is 2. The molecular weight excluding hydrogens is 280 g/mol. The molecule has 0 bridgehead atoms. The molecule has 22 heavy (non-hydrogen) atoms. The van der Waals surface area contributed by atoms with E-state index in [0.717, 1.165) is 50.4 Å². The molecule has 1 aromatic carbocycles. The monoisotopic (exact) mass is 302 g/mol. The van der Waals surface area contributed by atoms with E-state index in [1.165, 1.54) is 6.92 Å². The molecule has 6 nitrogen and oxygen atoms in total. The van der Waals surface area contributed by atoms with Gasteiger partial charge in [-0.15, -0.1) is 0 Å². The van der Waals surface area contributed by atoms with Gasteiger partial charge in [0.2, 0.25) is 5.91 Å². The van der Waals surface area contributed by atoms with Gasteiger partial charge in [0.1, 0.15) is 0 Å². The van der Waals surface area contributed by atoms with E-state index >= 15 is 0 Å². The van der Waals surface area contributed by atoms with E-state index < -0.39 is 0 Å². The smallest absolute Gasteiger partial charge is 0.317 e. The van der Waals surface area contributed by atoms with Gasteiger partial charge in [-0.25, -0.2) is 4.79 Å². The van der Waals surface area contributed by atoms with Crippen molar-refractivity contribution in [1.82, 2.24) is 10.2 Å². The number of benzene rings is 1. The maximum atomic E-state index is 12.0. The van der Waals surface area contributed by atoms with E-state index in [4.69, 9.17) is 0 Å². The van der Waals surface area contributed by atoms with Crippen LogP contribution < -0.4 is 15.5 Å². The summed E-state index contributed by atoms with van der Waals surface area (Å²) >= 11 is 0. The van der Waals surface area contributed by atoms with Gasteiger partial charge < -0.3 is 20.4 Å². The first-order valence-corrected chi connectivity index (χ1v) is 7.80. The summed E-state index contributed by atoms with van der Waals surface area (Å²) in [4.78, 5) is 27.2. The van der Waals surface area contributed by atoms with E-state index in [9.17, 15) is 9.59 Å². The van der Waals surface area contributed by atoms with Crippen molar-refractivity contribution in [2.45, 2.75) is 25.8 Å². The summed E-state index contributed by atoms with van der Waals surface area (Å²) in [7, 11) is 0. The molecule has 3 amide bonds. The molecule has 2 fully saturated rings. The Morgan fingerprint density at radius 3 is 2.23 bits per heavy atom. The molecule has 3 rings (SSSR count). The first-order chi connectivity index (χ1) is 10.6. The Morgan fingerprint density at radius 1 is 1.05 bits per heavy atom.